The number of benzene rings is 1. The number of ether oxygens (including phenoxy) is 1. The summed E-state index contributed by atoms with van der Waals surface area (Å²) in [5.74, 6) is 0.852. The lowest BCUT2D eigenvalue weighted by Gasteiger charge is -2.10. The number of hydrogen-bond donors (Lipinski definition) is 1. The summed E-state index contributed by atoms with van der Waals surface area (Å²) in [4.78, 5) is 1.08. The van der Waals surface area contributed by atoms with E-state index in [4.69, 9.17) is 22.1 Å². The van der Waals surface area contributed by atoms with Gasteiger partial charge in [-0.2, -0.15) is 0 Å². The van der Waals surface area contributed by atoms with E-state index in [0.717, 1.165) is 31.4 Å². The van der Waals surface area contributed by atoms with Gasteiger partial charge in [-0.15, -0.1) is 11.3 Å². The van der Waals surface area contributed by atoms with Crippen molar-refractivity contribution in [2.24, 2.45) is 5.73 Å². The van der Waals surface area contributed by atoms with Crippen LogP contribution in [0.1, 0.15) is 16.5 Å². The third-order valence-corrected chi connectivity index (χ3v) is 5.23. The average molecular weight is 347 g/mol. The summed E-state index contributed by atoms with van der Waals surface area (Å²) in [5.41, 5.74) is 7.35. The molecule has 0 fully saturated rings. The van der Waals surface area contributed by atoms with Crippen LogP contribution in [0.25, 0.3) is 0 Å². The van der Waals surface area contributed by atoms with Crippen LogP contribution in [0.15, 0.2) is 34.1 Å². The lowest BCUT2D eigenvalue weighted by atomic mass is 10.1. The van der Waals surface area contributed by atoms with Gasteiger partial charge in [0.1, 0.15) is 5.75 Å². The minimum Gasteiger partial charge on any atom is -0.497 e. The minimum atomic E-state index is -0.0501. The van der Waals surface area contributed by atoms with Crippen molar-refractivity contribution in [1.82, 2.24) is 0 Å². The molecule has 0 aliphatic heterocycles. The van der Waals surface area contributed by atoms with Crippen LogP contribution in [0.2, 0.25) is 5.02 Å². The number of thiophene rings is 1. The predicted octanol–water partition coefficient (Wildman–Crippen LogP) is 4.42. The summed E-state index contributed by atoms with van der Waals surface area (Å²) in [6, 6.07) is 9.81. The van der Waals surface area contributed by atoms with Crippen molar-refractivity contribution >= 4 is 38.9 Å². The van der Waals surface area contributed by atoms with Gasteiger partial charge >= 0.3 is 0 Å². The van der Waals surface area contributed by atoms with Gasteiger partial charge in [-0.3, -0.25) is 0 Å². The molecule has 0 aliphatic rings. The van der Waals surface area contributed by atoms with E-state index in [1.54, 1.807) is 18.4 Å². The smallest absolute Gasteiger partial charge is 0.119 e. The van der Waals surface area contributed by atoms with Crippen molar-refractivity contribution in [3.05, 3.63) is 49.6 Å². The van der Waals surface area contributed by atoms with Crippen LogP contribution in [0.3, 0.4) is 0 Å². The molecule has 2 rings (SSSR count). The molecule has 0 saturated heterocycles. The van der Waals surface area contributed by atoms with Crippen LogP contribution in [0, 0.1) is 0 Å². The van der Waals surface area contributed by atoms with Gasteiger partial charge in [0.25, 0.3) is 0 Å². The van der Waals surface area contributed by atoms with Gasteiger partial charge in [-0.1, -0.05) is 23.7 Å². The fourth-order valence-corrected chi connectivity index (χ4v) is 3.45. The van der Waals surface area contributed by atoms with Crippen molar-refractivity contribution < 1.29 is 4.74 Å². The first-order chi connectivity index (χ1) is 8.60. The fraction of sp³-hybridized carbons (Fsp3) is 0.231. The van der Waals surface area contributed by atoms with E-state index in [1.807, 2.05) is 30.3 Å². The van der Waals surface area contributed by atoms with Gasteiger partial charge in [-0.05, 0) is 46.1 Å². The Balaban J connectivity index is 2.13. The second kappa shape index (κ2) is 6.06. The van der Waals surface area contributed by atoms with Crippen molar-refractivity contribution in [2.45, 2.75) is 12.5 Å². The highest BCUT2D eigenvalue weighted by molar-refractivity contribution is 9.11. The highest BCUT2D eigenvalue weighted by Gasteiger charge is 2.13. The van der Waals surface area contributed by atoms with E-state index < -0.39 is 0 Å². The zero-order valence-electron chi connectivity index (χ0n) is 9.82. The molecular weight excluding hydrogens is 334 g/mol. The Morgan fingerprint density at radius 1 is 1.44 bits per heavy atom. The molecule has 96 valence electrons. The number of rotatable bonds is 4. The molecule has 0 bridgehead atoms. The Morgan fingerprint density at radius 3 is 2.83 bits per heavy atom. The molecule has 5 heteroatoms. The van der Waals surface area contributed by atoms with Gasteiger partial charge in [-0.25, -0.2) is 0 Å². The molecule has 0 aliphatic carbocycles. The van der Waals surface area contributed by atoms with Crippen molar-refractivity contribution in [1.29, 1.82) is 0 Å². The lowest BCUT2D eigenvalue weighted by Crippen LogP contribution is -2.11. The second-order valence-electron chi connectivity index (χ2n) is 3.93. The second-order valence-corrected chi connectivity index (χ2v) is 6.74. The standard InChI is InChI=1S/C13H13BrClNOS/c1-17-9-4-2-3-8(5-9)6-11(16)12-7-10(15)13(14)18-12/h2-5,7,11H,6,16H2,1H3. The quantitative estimate of drug-likeness (QED) is 0.889. The fourth-order valence-electron chi connectivity index (χ4n) is 1.70. The highest BCUT2D eigenvalue weighted by Crippen LogP contribution is 2.35. The summed E-state index contributed by atoms with van der Waals surface area (Å²) in [5, 5.41) is 0.719. The third kappa shape index (κ3) is 3.26. The van der Waals surface area contributed by atoms with Crippen LogP contribution in [-0.2, 0) is 6.42 Å². The lowest BCUT2D eigenvalue weighted by molar-refractivity contribution is 0.414. The molecule has 18 heavy (non-hydrogen) atoms. The molecule has 1 atom stereocenters. The van der Waals surface area contributed by atoms with Crippen molar-refractivity contribution in [2.75, 3.05) is 7.11 Å². The first kappa shape index (κ1) is 13.9. The molecule has 2 N–H and O–H groups in total. The summed E-state index contributed by atoms with van der Waals surface area (Å²) in [6.45, 7) is 0. The molecule has 0 amide bonds. The Kier molecular flexibility index (Phi) is 4.67. The van der Waals surface area contributed by atoms with Gasteiger partial charge in [0, 0.05) is 10.9 Å². The topological polar surface area (TPSA) is 35.2 Å². The Labute approximate surface area is 124 Å². The minimum absolute atomic E-state index is 0.0501. The van der Waals surface area contributed by atoms with Gasteiger partial charge in [0.15, 0.2) is 0 Å². The van der Waals surface area contributed by atoms with Crippen LogP contribution < -0.4 is 10.5 Å². The van der Waals surface area contributed by atoms with Crippen LogP contribution in [0.5, 0.6) is 5.75 Å². The molecule has 1 aromatic heterocycles. The molecule has 0 spiro atoms. The molecule has 1 heterocycles. The van der Waals surface area contributed by atoms with E-state index in [2.05, 4.69) is 15.9 Å². The van der Waals surface area contributed by atoms with Crippen LogP contribution >= 0.6 is 38.9 Å². The number of methoxy groups -OCH3 is 1. The number of hydrogen-bond acceptors (Lipinski definition) is 3. The molecule has 1 aromatic carbocycles. The van der Waals surface area contributed by atoms with Gasteiger partial charge in [0.05, 0.1) is 15.9 Å². The van der Waals surface area contributed by atoms with Crippen molar-refractivity contribution in [3.63, 3.8) is 0 Å². The average Bonchev–Trinajstić information content (AvgIpc) is 2.70. The number of halogens is 2. The summed E-state index contributed by atoms with van der Waals surface area (Å²) >= 11 is 11.0. The highest BCUT2D eigenvalue weighted by atomic mass is 79.9. The first-order valence-electron chi connectivity index (χ1n) is 5.43. The molecule has 0 radical (unpaired) electrons. The van der Waals surface area contributed by atoms with E-state index >= 15 is 0 Å². The van der Waals surface area contributed by atoms with Gasteiger partial charge < -0.3 is 10.5 Å². The molecular formula is C13H13BrClNOS. The monoisotopic (exact) mass is 345 g/mol. The summed E-state index contributed by atoms with van der Waals surface area (Å²) in [7, 11) is 1.66. The zero-order chi connectivity index (χ0) is 13.1. The molecule has 1 unspecified atom stereocenters. The van der Waals surface area contributed by atoms with E-state index in [1.165, 1.54) is 0 Å². The molecule has 0 saturated carbocycles. The Bertz CT molecular complexity index is 524. The first-order valence-corrected chi connectivity index (χ1v) is 7.42. The Hall–Kier alpha value is -0.550. The van der Waals surface area contributed by atoms with E-state index in [9.17, 15) is 0 Å². The molecule has 2 nitrogen and oxygen atoms in total. The summed E-state index contributed by atoms with van der Waals surface area (Å²) in [6.07, 6.45) is 0.764. The number of nitrogens with two attached hydrogens (primary N) is 1. The van der Waals surface area contributed by atoms with Crippen LogP contribution in [-0.4, -0.2) is 7.11 Å². The van der Waals surface area contributed by atoms with E-state index in [0.29, 0.717) is 0 Å². The zero-order valence-corrected chi connectivity index (χ0v) is 13.0. The largest absolute Gasteiger partial charge is 0.497 e. The predicted molar refractivity (Wildman–Crippen MR) is 80.7 cm³/mol. The van der Waals surface area contributed by atoms with Gasteiger partial charge in [0.2, 0.25) is 0 Å². The third-order valence-electron chi connectivity index (χ3n) is 2.62. The van der Waals surface area contributed by atoms with E-state index in [-0.39, 0.29) is 6.04 Å². The van der Waals surface area contributed by atoms with Crippen LogP contribution in [0.4, 0.5) is 0 Å². The maximum absolute atomic E-state index is 6.19. The Morgan fingerprint density at radius 2 is 2.22 bits per heavy atom. The van der Waals surface area contributed by atoms with Crippen molar-refractivity contribution in [3.8, 4) is 5.75 Å². The maximum Gasteiger partial charge on any atom is 0.119 e. The molecule has 2 aromatic rings. The normalized spacial score (nSPS) is 12.4. The SMILES string of the molecule is COc1cccc(CC(N)c2cc(Cl)c(Br)s2)c1. The maximum atomic E-state index is 6.19. The summed E-state index contributed by atoms with van der Waals surface area (Å²) < 4.78 is 6.13.